The highest BCUT2D eigenvalue weighted by molar-refractivity contribution is 5.99. The first kappa shape index (κ1) is 21.5. The molecule has 3 nitrogen and oxygen atoms in total. The molecule has 6 atom stereocenters. The van der Waals surface area contributed by atoms with Gasteiger partial charge in [0.1, 0.15) is 0 Å². The van der Waals surface area contributed by atoms with E-state index in [-0.39, 0.29) is 22.4 Å². The second-order valence-electron chi connectivity index (χ2n) is 12.6. The van der Waals surface area contributed by atoms with E-state index in [2.05, 4.69) is 78.2 Å². The van der Waals surface area contributed by atoms with Gasteiger partial charge in [0.05, 0.1) is 5.54 Å². The van der Waals surface area contributed by atoms with Crippen LogP contribution in [0.4, 0.5) is 0 Å². The lowest BCUT2D eigenvalue weighted by Crippen LogP contribution is -2.79. The minimum absolute atomic E-state index is 0.0110. The average Bonchev–Trinajstić information content (AvgIpc) is 2.68. The van der Waals surface area contributed by atoms with E-state index in [1.165, 1.54) is 48.1 Å². The highest BCUT2D eigenvalue weighted by Crippen LogP contribution is 2.56. The second-order valence-corrected chi connectivity index (χ2v) is 12.6. The van der Waals surface area contributed by atoms with E-state index in [0.717, 1.165) is 12.1 Å². The second kappa shape index (κ2) is 6.37. The SMILES string of the molecule is Cc1cc2c3c(c1C)C(C)(C)C(C)C[C@@H]3CN([C@@]1(C)C3CCN(C(C)C3)C1(C)C)C2=O. The number of fused-ring (bicyclic) bond motifs is 3. The summed E-state index contributed by atoms with van der Waals surface area (Å²) >= 11 is 0. The van der Waals surface area contributed by atoms with Gasteiger partial charge in [-0.2, -0.15) is 0 Å². The van der Waals surface area contributed by atoms with Gasteiger partial charge in [0.2, 0.25) is 0 Å². The molecule has 0 radical (unpaired) electrons. The third kappa shape index (κ3) is 2.48. The van der Waals surface area contributed by atoms with E-state index in [1.807, 2.05) is 0 Å². The van der Waals surface area contributed by atoms with Crippen molar-refractivity contribution in [3.63, 3.8) is 0 Å². The predicted octanol–water partition coefficient (Wildman–Crippen LogP) is 5.81. The smallest absolute Gasteiger partial charge is 0.254 e. The fraction of sp³-hybridized carbons (Fsp3) is 0.750. The quantitative estimate of drug-likeness (QED) is 0.570. The normalized spacial score (nSPS) is 40.1. The number of benzene rings is 1. The first-order chi connectivity index (χ1) is 14.3. The predicted molar refractivity (Wildman–Crippen MR) is 128 cm³/mol. The fourth-order valence-electron chi connectivity index (χ4n) is 8.32. The molecule has 0 spiro atoms. The molecule has 1 amide bonds. The van der Waals surface area contributed by atoms with Crippen molar-refractivity contribution in [1.29, 1.82) is 0 Å². The molecule has 1 aliphatic carbocycles. The first-order valence-electron chi connectivity index (χ1n) is 12.6. The van der Waals surface area contributed by atoms with Crippen LogP contribution in [-0.4, -0.2) is 45.9 Å². The first-order valence-corrected chi connectivity index (χ1v) is 12.6. The molecule has 1 aromatic rings. The number of amides is 1. The van der Waals surface area contributed by atoms with Crippen LogP contribution in [0.25, 0.3) is 0 Å². The van der Waals surface area contributed by atoms with Crippen LogP contribution in [0.3, 0.4) is 0 Å². The van der Waals surface area contributed by atoms with Crippen molar-refractivity contribution < 1.29 is 4.79 Å². The summed E-state index contributed by atoms with van der Waals surface area (Å²) in [5.41, 5.74) is 6.55. The lowest BCUT2D eigenvalue weighted by molar-refractivity contribution is -0.161. The van der Waals surface area contributed by atoms with Gasteiger partial charge >= 0.3 is 0 Å². The molecular weight excluding hydrogens is 380 g/mol. The number of hydrogen-bond acceptors (Lipinski definition) is 2. The van der Waals surface area contributed by atoms with E-state index >= 15 is 0 Å². The minimum Gasteiger partial charge on any atom is -0.331 e. The van der Waals surface area contributed by atoms with Crippen LogP contribution in [-0.2, 0) is 5.41 Å². The van der Waals surface area contributed by atoms with E-state index in [0.29, 0.717) is 23.8 Å². The zero-order valence-electron chi connectivity index (χ0n) is 21.2. The number of aryl methyl sites for hydroxylation is 1. The summed E-state index contributed by atoms with van der Waals surface area (Å²) in [7, 11) is 0. The van der Waals surface area contributed by atoms with E-state index in [1.54, 1.807) is 0 Å². The summed E-state index contributed by atoms with van der Waals surface area (Å²) in [5, 5.41) is 0. The summed E-state index contributed by atoms with van der Waals surface area (Å²) in [6.07, 6.45) is 3.61. The van der Waals surface area contributed by atoms with Crippen molar-refractivity contribution >= 4 is 5.91 Å². The van der Waals surface area contributed by atoms with Gasteiger partial charge in [-0.05, 0) is 113 Å². The Kier molecular flexibility index (Phi) is 4.41. The van der Waals surface area contributed by atoms with Gasteiger partial charge in [-0.1, -0.05) is 20.8 Å². The molecule has 3 fully saturated rings. The summed E-state index contributed by atoms with van der Waals surface area (Å²) in [6, 6.07) is 2.84. The fourth-order valence-corrected chi connectivity index (χ4v) is 8.32. The van der Waals surface area contributed by atoms with E-state index in [4.69, 9.17) is 0 Å². The lowest BCUT2D eigenvalue weighted by Gasteiger charge is -2.69. The molecule has 0 N–H and O–H groups in total. The maximum absolute atomic E-state index is 14.3. The monoisotopic (exact) mass is 422 g/mol. The van der Waals surface area contributed by atoms with Gasteiger partial charge in [-0.15, -0.1) is 0 Å². The zero-order chi connectivity index (χ0) is 22.7. The largest absolute Gasteiger partial charge is 0.331 e. The maximum Gasteiger partial charge on any atom is 0.254 e. The molecule has 0 aromatic heterocycles. The van der Waals surface area contributed by atoms with Crippen molar-refractivity contribution in [2.75, 3.05) is 13.1 Å². The third-order valence-corrected chi connectivity index (χ3v) is 10.9. The third-order valence-electron chi connectivity index (χ3n) is 10.9. The van der Waals surface area contributed by atoms with Crippen LogP contribution in [0.2, 0.25) is 0 Å². The molecule has 4 heterocycles. The minimum atomic E-state index is -0.123. The lowest BCUT2D eigenvalue weighted by atomic mass is 9.57. The average molecular weight is 423 g/mol. The Bertz CT molecular complexity index is 960. The molecule has 3 heteroatoms. The van der Waals surface area contributed by atoms with E-state index < -0.39 is 0 Å². The molecule has 4 aliphatic heterocycles. The molecule has 4 unspecified atom stereocenters. The Labute approximate surface area is 189 Å². The molecule has 3 saturated heterocycles. The zero-order valence-corrected chi connectivity index (χ0v) is 21.2. The van der Waals surface area contributed by atoms with Crippen LogP contribution in [0.15, 0.2) is 6.07 Å². The highest BCUT2D eigenvalue weighted by Gasteiger charge is 2.63. The van der Waals surface area contributed by atoms with Crippen LogP contribution in [0.5, 0.6) is 0 Å². The van der Waals surface area contributed by atoms with Crippen molar-refractivity contribution in [1.82, 2.24) is 9.80 Å². The molecule has 1 aromatic carbocycles. The van der Waals surface area contributed by atoms with Gasteiger partial charge in [0.15, 0.2) is 0 Å². The Morgan fingerprint density at radius 3 is 2.32 bits per heavy atom. The Morgan fingerprint density at radius 1 is 1.03 bits per heavy atom. The maximum atomic E-state index is 14.3. The summed E-state index contributed by atoms with van der Waals surface area (Å²) in [6.45, 7) is 23.3. The Morgan fingerprint density at radius 2 is 1.71 bits per heavy atom. The molecule has 2 bridgehead atoms. The van der Waals surface area contributed by atoms with E-state index in [9.17, 15) is 4.79 Å². The van der Waals surface area contributed by atoms with Gasteiger partial charge in [0, 0.05) is 29.6 Å². The molecule has 5 aliphatic rings. The molecule has 0 saturated carbocycles. The Balaban J connectivity index is 1.69. The standard InChI is InChI=1S/C28H42N2O/c1-16-12-22-23-20(13-17(2)26(5,6)24(23)19(16)4)15-30(25(22)31)28(9)21-10-11-29(18(3)14-21)27(28,7)8/h12,17-18,20-21H,10-11,13-15H2,1-9H3/t17?,18?,20-,21?,28+/m1/s1. The van der Waals surface area contributed by atoms with Crippen LogP contribution >= 0.6 is 0 Å². The molecule has 6 rings (SSSR count). The Hall–Kier alpha value is -1.35. The number of nitrogens with zero attached hydrogens (tertiary/aromatic N) is 2. The van der Waals surface area contributed by atoms with Crippen LogP contribution < -0.4 is 0 Å². The van der Waals surface area contributed by atoms with Crippen molar-refractivity contribution in [3.05, 3.63) is 33.9 Å². The molecule has 170 valence electrons. The summed E-state index contributed by atoms with van der Waals surface area (Å²) in [5.74, 6) is 1.95. The highest BCUT2D eigenvalue weighted by atomic mass is 16.2. The number of carbonyl (C=O) groups is 1. The van der Waals surface area contributed by atoms with Gasteiger partial charge in [-0.25, -0.2) is 0 Å². The number of piperidine rings is 3. The van der Waals surface area contributed by atoms with Crippen molar-refractivity contribution in [2.45, 2.75) is 110 Å². The van der Waals surface area contributed by atoms with Crippen LogP contribution in [0, 0.1) is 25.7 Å². The topological polar surface area (TPSA) is 23.6 Å². The van der Waals surface area contributed by atoms with Crippen molar-refractivity contribution in [2.24, 2.45) is 11.8 Å². The number of carbonyl (C=O) groups excluding carboxylic acids is 1. The van der Waals surface area contributed by atoms with Gasteiger partial charge in [0.25, 0.3) is 5.91 Å². The number of hydrogen-bond donors (Lipinski definition) is 0. The van der Waals surface area contributed by atoms with Gasteiger partial charge < -0.3 is 4.90 Å². The van der Waals surface area contributed by atoms with Crippen molar-refractivity contribution in [3.8, 4) is 0 Å². The van der Waals surface area contributed by atoms with Gasteiger partial charge in [-0.3, -0.25) is 9.69 Å². The summed E-state index contributed by atoms with van der Waals surface area (Å²) < 4.78 is 0. The number of rotatable bonds is 1. The van der Waals surface area contributed by atoms with Crippen LogP contribution in [0.1, 0.15) is 106 Å². The summed E-state index contributed by atoms with van der Waals surface area (Å²) in [4.78, 5) is 19.3. The molecule has 31 heavy (non-hydrogen) atoms. The molecular formula is C28H42N2O.